The molecule has 1 amide bonds. The molecule has 1 aromatic rings. The highest BCUT2D eigenvalue weighted by Crippen LogP contribution is 2.83. The highest BCUT2D eigenvalue weighted by molar-refractivity contribution is 8.76. The summed E-state index contributed by atoms with van der Waals surface area (Å²) in [6, 6.07) is 5.48. The van der Waals surface area contributed by atoms with Crippen LogP contribution in [0.5, 0.6) is 5.75 Å². The van der Waals surface area contributed by atoms with Gasteiger partial charge in [0.1, 0.15) is 28.5 Å². The number of nitrogens with zero attached hydrogens (tertiary/aromatic N) is 1. The van der Waals surface area contributed by atoms with Crippen LogP contribution < -0.4 is 10.2 Å². The van der Waals surface area contributed by atoms with Gasteiger partial charge in [0.15, 0.2) is 5.78 Å². The topological polar surface area (TPSA) is 253 Å². The number of nitrogens with one attached hydrogen (secondary N) is 1. The maximum absolute atomic E-state index is 17.5. The Balaban J connectivity index is 0.822. The fraction of sp³-hybridized carbons (Fsp3) is 0.747. The van der Waals surface area contributed by atoms with Crippen LogP contribution in [0.3, 0.4) is 0 Å². The third-order valence-electron chi connectivity index (χ3n) is 32.9. The molecule has 20 rings (SSSR count). The summed E-state index contributed by atoms with van der Waals surface area (Å²) in [5, 5.41) is 125. The number of benzene rings is 1. The van der Waals surface area contributed by atoms with E-state index in [0.29, 0.717) is 113 Å². The van der Waals surface area contributed by atoms with Gasteiger partial charge in [0, 0.05) is 68.6 Å². The monoisotopic (exact) mass is 1350 g/mol. The van der Waals surface area contributed by atoms with Gasteiger partial charge in [-0.2, -0.15) is 0 Å². The summed E-state index contributed by atoms with van der Waals surface area (Å²) in [7, 11) is 2.59. The van der Waals surface area contributed by atoms with Crippen molar-refractivity contribution in [3.8, 4) is 5.75 Å². The number of carbonyl (C=O) groups excluding carboxylic acids is 2. The van der Waals surface area contributed by atoms with Gasteiger partial charge in [0.25, 0.3) is 0 Å². The van der Waals surface area contributed by atoms with Crippen molar-refractivity contribution in [1.29, 1.82) is 0 Å². The number of aryl methyl sites for hydroxylation is 1. The molecule has 6 spiro atoms. The van der Waals surface area contributed by atoms with Crippen molar-refractivity contribution in [1.82, 2.24) is 5.32 Å². The number of aliphatic hydroxyl groups excluding tert-OH is 5. The van der Waals surface area contributed by atoms with Crippen molar-refractivity contribution in [2.24, 2.45) is 103 Å². The Kier molecular flexibility index (Phi) is 14.5. The molecule has 3 saturated heterocycles. The number of aliphatic hydroxyl groups is 8. The van der Waals surface area contributed by atoms with E-state index in [1.165, 1.54) is 27.2 Å². The molecule has 11 aliphatic carbocycles. The van der Waals surface area contributed by atoms with Gasteiger partial charge in [0.05, 0.1) is 60.7 Å². The number of fused-ring (bicyclic) bond motifs is 4. The lowest BCUT2D eigenvalue weighted by Gasteiger charge is -2.74. The van der Waals surface area contributed by atoms with Gasteiger partial charge >= 0.3 is 0 Å². The zero-order valence-electron chi connectivity index (χ0n) is 56.6. The molecular weight excluding hydrogens is 1250 g/mol. The van der Waals surface area contributed by atoms with Crippen LogP contribution in [0, 0.1) is 103 Å². The lowest BCUT2D eigenvalue weighted by molar-refractivity contribution is -0.309. The summed E-state index contributed by atoms with van der Waals surface area (Å²) in [5.74, 6) is -1.80. The molecule has 19 aliphatic rings. The Morgan fingerprint density at radius 2 is 1.59 bits per heavy atom. The molecule has 8 heterocycles. The Bertz CT molecular complexity index is 3620. The van der Waals surface area contributed by atoms with E-state index in [-0.39, 0.29) is 91.4 Å². The van der Waals surface area contributed by atoms with Crippen LogP contribution in [0.15, 0.2) is 90.1 Å². The summed E-state index contributed by atoms with van der Waals surface area (Å²) in [5.41, 5.74) is -13.9. The first-order valence-corrected chi connectivity index (χ1v) is 40.0. The van der Waals surface area contributed by atoms with Gasteiger partial charge in [0.2, 0.25) is 5.91 Å². The van der Waals surface area contributed by atoms with E-state index < -0.39 is 120 Å². The molecule has 7 saturated carbocycles. The summed E-state index contributed by atoms with van der Waals surface area (Å²) >= 11 is 0. The second kappa shape index (κ2) is 21.5. The SMILES string of the molecule is CC(C)[C@@H](C)[C@@H]1O[C@H]1[C@@]1(O)CC=C[C@@H]2C[C@H]3C4=CC(=O)[C@@]5(C[C@@H](O)[C@](O)(CO)C6(CCCC6)[C@]35C)[C@@H](O)SSC[C@H]3CCC[C@]5(CO)C=C[C@@H]6C[C@@H]([C@]78C=C[C@H]9CCCC[C@@]9(N7)[C@H]7C[C@@H]9OCC=CC9=C[C@H]7C8)[C@H](O)[C@@]67CN(C(=O)[C@]357)c3cc(O)cc(c3)CC[C@]23[C@@H]1CC[C@@]43O. The molecule has 520 valence electrons. The molecule has 10 N–H and O–H groups in total. The van der Waals surface area contributed by atoms with Crippen LogP contribution >= 0.6 is 21.6 Å². The van der Waals surface area contributed by atoms with Crippen LogP contribution in [0.25, 0.3) is 0 Å². The zero-order valence-corrected chi connectivity index (χ0v) is 58.3. The number of carbonyl (C=O) groups is 2. The zero-order chi connectivity index (χ0) is 66.5. The van der Waals surface area contributed by atoms with Crippen molar-refractivity contribution in [3.05, 3.63) is 95.7 Å². The van der Waals surface area contributed by atoms with Crippen molar-refractivity contribution < 1.29 is 65.0 Å². The Morgan fingerprint density at radius 1 is 0.802 bits per heavy atom. The number of phenols is 1. The normalized spacial score (nSPS) is 53.0. The highest BCUT2D eigenvalue weighted by Gasteiger charge is 2.86. The first kappa shape index (κ1) is 64.9. The minimum Gasteiger partial charge on any atom is -0.508 e. The fourth-order valence-corrected chi connectivity index (χ4v) is 31.6. The Labute approximate surface area is 573 Å². The van der Waals surface area contributed by atoms with E-state index in [1.807, 2.05) is 17.9 Å². The number of ether oxygens (including phenoxy) is 2. The number of amides is 1. The third kappa shape index (κ3) is 7.54. The molecule has 96 heavy (non-hydrogen) atoms. The van der Waals surface area contributed by atoms with Crippen molar-refractivity contribution >= 4 is 39.0 Å². The number of hydrogen-bond acceptors (Lipinski definition) is 16. The number of hydrogen-bond donors (Lipinski definition) is 10. The lowest BCUT2D eigenvalue weighted by atomic mass is 9.31. The predicted octanol–water partition coefficient (Wildman–Crippen LogP) is 9.52. The summed E-state index contributed by atoms with van der Waals surface area (Å²) in [6.07, 6.45) is 30.9. The average molecular weight is 1350 g/mol. The number of anilines is 1. The van der Waals surface area contributed by atoms with Crippen molar-refractivity contribution in [2.45, 2.75) is 226 Å². The minimum absolute atomic E-state index is 0.0297. The molecule has 0 aromatic heterocycles. The van der Waals surface area contributed by atoms with Crippen LogP contribution in [-0.4, -0.2) is 154 Å². The number of ketones is 1. The Morgan fingerprint density at radius 3 is 2.39 bits per heavy atom. The van der Waals surface area contributed by atoms with Crippen LogP contribution in [0.2, 0.25) is 0 Å². The number of epoxide rings is 1. The maximum Gasteiger partial charge on any atom is 0.235 e. The van der Waals surface area contributed by atoms with Gasteiger partial charge in [-0.3, -0.25) is 9.59 Å². The molecule has 8 aliphatic heterocycles. The first-order valence-electron chi connectivity index (χ1n) is 37.6. The van der Waals surface area contributed by atoms with Gasteiger partial charge in [-0.05, 0) is 196 Å². The number of piperidine rings is 1. The second-order valence-electron chi connectivity index (χ2n) is 35.4. The van der Waals surface area contributed by atoms with Gasteiger partial charge in [-0.1, -0.05) is 136 Å². The van der Waals surface area contributed by atoms with Crippen LogP contribution in [0.1, 0.15) is 162 Å². The molecule has 10 bridgehead atoms. The summed E-state index contributed by atoms with van der Waals surface area (Å²) in [4.78, 5) is 36.1. The number of allylic oxidation sites excluding steroid dienone is 4. The highest BCUT2D eigenvalue weighted by atomic mass is 33.1. The maximum atomic E-state index is 17.5. The van der Waals surface area contributed by atoms with E-state index in [2.05, 4.69) is 80.8 Å². The standard InChI is InChI=1S/C79H104N2O13S2/c1-44(2)45(3)63-65(94-63)76(90)24-10-14-50-33-56-57-37-61(85)73(39-62(86)78(92,43-83)71(68(56,73)4)21-7-8-22-71)67(89)96-95-40-52-15-9-20-69(42-82)25-17-51-34-58(70-26-18-49-13-5-6-23-75(49,80-70)55-36-59-47(12-11-29-93-59)32-48(55)38-70)64(87)74(51)41-81(66(88)79(52,69)74)53-30-46(31-54(84)35-53)16-27-72(50)60(76)19-28-77(57,72)91/h10-12,14,17-18,25-26,30-32,35,37,44-45,48-52,55-56,58-60,62-65,67,80,82-84,86-87,89-92H,5-9,13,15-16,19-24,27-29,33-34,36,38-43H2,1-4H3/t45-,48+,49-,50-,51-,52-,55+,56+,58-,59+,60+,62-,63+,64+,65-,67+,68+,69-,70-,72-,73+,74-,75+,76-,77-,78-,79-/m1/s1. The van der Waals surface area contributed by atoms with E-state index >= 15 is 9.59 Å². The lowest BCUT2D eigenvalue weighted by Crippen LogP contribution is -2.79. The van der Waals surface area contributed by atoms with Crippen molar-refractivity contribution in [2.75, 3.05) is 37.0 Å². The quantitative estimate of drug-likeness (QED) is 0.0723. The third-order valence-corrected chi connectivity index (χ3v) is 35.5. The molecule has 0 unspecified atom stereocenters. The first-order chi connectivity index (χ1) is 45.9. The van der Waals surface area contributed by atoms with E-state index in [4.69, 9.17) is 9.47 Å². The Hall–Kier alpha value is -3.14. The average Bonchev–Trinajstić information content (AvgIpc) is 1.18. The number of rotatable bonds is 6. The fourth-order valence-electron chi connectivity index (χ4n) is 28.6. The van der Waals surface area contributed by atoms with Gasteiger partial charge in [-0.15, -0.1) is 0 Å². The summed E-state index contributed by atoms with van der Waals surface area (Å²) < 4.78 is 13.2. The van der Waals surface area contributed by atoms with Crippen LogP contribution in [-0.2, 0) is 25.5 Å². The molecular formula is C79H104N2O13S2. The van der Waals surface area contributed by atoms with Crippen LogP contribution in [0.4, 0.5) is 5.69 Å². The number of aromatic hydroxyl groups is 1. The minimum atomic E-state index is -2.08. The van der Waals surface area contributed by atoms with E-state index in [1.54, 1.807) is 18.2 Å². The predicted molar refractivity (Wildman–Crippen MR) is 366 cm³/mol. The van der Waals surface area contributed by atoms with Crippen molar-refractivity contribution in [3.63, 3.8) is 0 Å². The second-order valence-corrected chi connectivity index (χ2v) is 37.9. The molecule has 15 nitrogen and oxygen atoms in total. The van der Waals surface area contributed by atoms with Gasteiger partial charge < -0.3 is 65.6 Å². The molecule has 10 fully saturated rings. The van der Waals surface area contributed by atoms with E-state index in [0.717, 1.165) is 44.1 Å². The van der Waals surface area contributed by atoms with Gasteiger partial charge in [-0.25, -0.2) is 0 Å². The molecule has 27 atom stereocenters. The molecule has 17 heteroatoms. The smallest absolute Gasteiger partial charge is 0.235 e. The molecule has 1 aromatic carbocycles. The number of phenolic OH excluding ortho intramolecular Hbond substituents is 1. The summed E-state index contributed by atoms with van der Waals surface area (Å²) in [6.45, 7) is 8.20. The molecule has 0 radical (unpaired) electrons. The van der Waals surface area contributed by atoms with E-state index in [9.17, 15) is 46.0 Å². The largest absolute Gasteiger partial charge is 0.508 e.